The van der Waals surface area contributed by atoms with E-state index < -0.39 is 23.5 Å². The fourth-order valence-corrected chi connectivity index (χ4v) is 2.51. The Morgan fingerprint density at radius 3 is 2.24 bits per heavy atom. The molecule has 0 saturated carbocycles. The summed E-state index contributed by atoms with van der Waals surface area (Å²) >= 11 is 6.09. The molecule has 0 aromatic heterocycles. The maximum absolute atomic E-state index is 13.5. The van der Waals surface area contributed by atoms with Gasteiger partial charge in [0, 0.05) is 11.1 Å². The third-order valence-electron chi connectivity index (χ3n) is 3.22. The van der Waals surface area contributed by atoms with Crippen LogP contribution in [-0.4, -0.2) is 6.54 Å². The van der Waals surface area contributed by atoms with E-state index in [-0.39, 0.29) is 5.02 Å². The Bertz CT molecular complexity index is 638. The van der Waals surface area contributed by atoms with Gasteiger partial charge >= 0.3 is 0 Å². The molecule has 112 valence electrons. The van der Waals surface area contributed by atoms with E-state index >= 15 is 0 Å². The summed E-state index contributed by atoms with van der Waals surface area (Å²) in [6.07, 6.45) is 0. The summed E-state index contributed by atoms with van der Waals surface area (Å²) in [6.45, 7) is 4.05. The molecule has 0 amide bonds. The highest BCUT2D eigenvalue weighted by molar-refractivity contribution is 6.31. The molecule has 0 spiro atoms. The summed E-state index contributed by atoms with van der Waals surface area (Å²) in [4.78, 5) is 0. The fourth-order valence-electron chi connectivity index (χ4n) is 2.25. The molecule has 0 aliphatic heterocycles. The van der Waals surface area contributed by atoms with Crippen LogP contribution in [0.15, 0.2) is 30.3 Å². The van der Waals surface area contributed by atoms with Gasteiger partial charge in [0.1, 0.15) is 17.5 Å². The summed E-state index contributed by atoms with van der Waals surface area (Å²) in [5.41, 5.74) is 1.42. The van der Waals surface area contributed by atoms with Crippen LogP contribution < -0.4 is 5.32 Å². The van der Waals surface area contributed by atoms with Gasteiger partial charge in [0.25, 0.3) is 0 Å². The molecule has 1 nitrogen and oxygen atoms in total. The maximum atomic E-state index is 13.5. The molecule has 0 radical (unpaired) electrons. The SMILES string of the molecule is CCNC(c1cc(F)cc(F)c1)c1cc(C)c(F)cc1Cl. The first-order chi connectivity index (χ1) is 9.92. The largest absolute Gasteiger partial charge is 0.306 e. The lowest BCUT2D eigenvalue weighted by molar-refractivity contribution is 0.564. The van der Waals surface area contributed by atoms with Gasteiger partial charge in [-0.2, -0.15) is 0 Å². The first-order valence-electron chi connectivity index (χ1n) is 6.57. The molecule has 21 heavy (non-hydrogen) atoms. The number of halogens is 4. The van der Waals surface area contributed by atoms with Crippen molar-refractivity contribution in [2.24, 2.45) is 0 Å². The lowest BCUT2D eigenvalue weighted by Gasteiger charge is -2.21. The van der Waals surface area contributed by atoms with Crippen LogP contribution >= 0.6 is 11.6 Å². The monoisotopic (exact) mass is 313 g/mol. The van der Waals surface area contributed by atoms with Crippen LogP contribution in [-0.2, 0) is 0 Å². The molecule has 1 unspecified atom stereocenters. The van der Waals surface area contributed by atoms with E-state index in [2.05, 4.69) is 5.32 Å². The van der Waals surface area contributed by atoms with Gasteiger partial charge in [0.05, 0.1) is 6.04 Å². The smallest absolute Gasteiger partial charge is 0.127 e. The van der Waals surface area contributed by atoms with E-state index in [9.17, 15) is 13.2 Å². The van der Waals surface area contributed by atoms with Crippen molar-refractivity contribution in [3.8, 4) is 0 Å². The average molecular weight is 314 g/mol. The van der Waals surface area contributed by atoms with Gasteiger partial charge in [-0.3, -0.25) is 0 Å². The molecule has 0 bridgehead atoms. The number of hydrogen-bond acceptors (Lipinski definition) is 1. The van der Waals surface area contributed by atoms with Gasteiger partial charge in [-0.15, -0.1) is 0 Å². The Kier molecular flexibility index (Phi) is 4.91. The van der Waals surface area contributed by atoms with Crippen molar-refractivity contribution in [1.29, 1.82) is 0 Å². The third kappa shape index (κ3) is 3.57. The molecule has 1 atom stereocenters. The van der Waals surface area contributed by atoms with Gasteiger partial charge in [0.15, 0.2) is 0 Å². The third-order valence-corrected chi connectivity index (χ3v) is 3.54. The van der Waals surface area contributed by atoms with E-state index in [0.29, 0.717) is 23.2 Å². The highest BCUT2D eigenvalue weighted by Gasteiger charge is 2.19. The molecule has 0 aliphatic carbocycles. The van der Waals surface area contributed by atoms with E-state index in [0.717, 1.165) is 6.07 Å². The Labute approximate surface area is 126 Å². The van der Waals surface area contributed by atoms with Crippen LogP contribution in [0.1, 0.15) is 29.7 Å². The Morgan fingerprint density at radius 1 is 1.05 bits per heavy atom. The molecular formula is C16H15ClF3N. The Balaban J connectivity index is 2.55. The Morgan fingerprint density at radius 2 is 1.67 bits per heavy atom. The minimum Gasteiger partial charge on any atom is -0.306 e. The highest BCUT2D eigenvalue weighted by atomic mass is 35.5. The molecule has 0 saturated heterocycles. The predicted octanol–water partition coefficient (Wildman–Crippen LogP) is 4.76. The molecule has 0 aliphatic rings. The van der Waals surface area contributed by atoms with Crippen molar-refractivity contribution in [1.82, 2.24) is 5.32 Å². The predicted molar refractivity (Wildman–Crippen MR) is 78.0 cm³/mol. The van der Waals surface area contributed by atoms with Crippen LogP contribution in [0.4, 0.5) is 13.2 Å². The number of hydrogen-bond donors (Lipinski definition) is 1. The number of rotatable bonds is 4. The van der Waals surface area contributed by atoms with Gasteiger partial charge in [-0.05, 0) is 54.4 Å². The molecular weight excluding hydrogens is 299 g/mol. The second kappa shape index (κ2) is 6.50. The lowest BCUT2D eigenvalue weighted by atomic mass is 9.96. The topological polar surface area (TPSA) is 12.0 Å². The van der Waals surface area contributed by atoms with Crippen molar-refractivity contribution >= 4 is 11.6 Å². The number of benzene rings is 2. The van der Waals surface area contributed by atoms with Gasteiger partial charge in [-0.25, -0.2) is 13.2 Å². The van der Waals surface area contributed by atoms with Gasteiger partial charge in [0.2, 0.25) is 0 Å². The van der Waals surface area contributed by atoms with E-state index in [4.69, 9.17) is 11.6 Å². The molecule has 0 fully saturated rings. The average Bonchev–Trinajstić information content (AvgIpc) is 2.39. The quantitative estimate of drug-likeness (QED) is 0.857. The van der Waals surface area contributed by atoms with E-state index in [1.807, 2.05) is 6.92 Å². The minimum atomic E-state index is -0.664. The lowest BCUT2D eigenvalue weighted by Crippen LogP contribution is -2.23. The van der Waals surface area contributed by atoms with Crippen LogP contribution in [0.5, 0.6) is 0 Å². The number of nitrogens with one attached hydrogen (secondary N) is 1. The molecule has 0 heterocycles. The standard InChI is InChI=1S/C16H15ClF3N/c1-3-21-16(10-5-11(18)7-12(19)6-10)13-4-9(2)15(20)8-14(13)17/h4-8,16,21H,3H2,1-2H3. The first kappa shape index (κ1) is 15.9. The molecule has 5 heteroatoms. The fraction of sp³-hybridized carbons (Fsp3) is 0.250. The molecule has 2 aromatic carbocycles. The molecule has 2 rings (SSSR count). The van der Waals surface area contributed by atoms with Crippen molar-refractivity contribution in [3.05, 3.63) is 69.5 Å². The van der Waals surface area contributed by atoms with Crippen molar-refractivity contribution in [2.75, 3.05) is 6.54 Å². The zero-order valence-corrected chi connectivity index (χ0v) is 12.4. The second-order valence-electron chi connectivity index (χ2n) is 4.82. The van der Waals surface area contributed by atoms with Crippen LogP contribution in [0, 0.1) is 24.4 Å². The zero-order valence-electron chi connectivity index (χ0n) is 11.7. The van der Waals surface area contributed by atoms with Gasteiger partial charge < -0.3 is 5.32 Å². The van der Waals surface area contributed by atoms with Crippen molar-refractivity contribution < 1.29 is 13.2 Å². The zero-order chi connectivity index (χ0) is 15.6. The summed E-state index contributed by atoms with van der Waals surface area (Å²) in [5, 5.41) is 3.33. The van der Waals surface area contributed by atoms with Gasteiger partial charge in [-0.1, -0.05) is 18.5 Å². The van der Waals surface area contributed by atoms with Crippen molar-refractivity contribution in [3.63, 3.8) is 0 Å². The van der Waals surface area contributed by atoms with Crippen LogP contribution in [0.3, 0.4) is 0 Å². The van der Waals surface area contributed by atoms with E-state index in [1.54, 1.807) is 13.0 Å². The normalized spacial score (nSPS) is 12.5. The maximum Gasteiger partial charge on any atom is 0.127 e. The van der Waals surface area contributed by atoms with Crippen LogP contribution in [0.25, 0.3) is 0 Å². The second-order valence-corrected chi connectivity index (χ2v) is 5.22. The first-order valence-corrected chi connectivity index (χ1v) is 6.95. The minimum absolute atomic E-state index is 0.216. The van der Waals surface area contributed by atoms with Crippen LogP contribution in [0.2, 0.25) is 5.02 Å². The van der Waals surface area contributed by atoms with Crippen molar-refractivity contribution in [2.45, 2.75) is 19.9 Å². The summed E-state index contributed by atoms with van der Waals surface area (Å²) in [6, 6.07) is 5.59. The highest BCUT2D eigenvalue weighted by Crippen LogP contribution is 2.31. The molecule has 1 N–H and O–H groups in total. The Hall–Kier alpha value is -1.52. The van der Waals surface area contributed by atoms with E-state index in [1.165, 1.54) is 18.2 Å². The molecule has 2 aromatic rings. The summed E-state index contributed by atoms with van der Waals surface area (Å²) in [5.74, 6) is -1.74. The summed E-state index contributed by atoms with van der Waals surface area (Å²) in [7, 11) is 0. The summed E-state index contributed by atoms with van der Waals surface area (Å²) < 4.78 is 40.4. The number of aryl methyl sites for hydroxylation is 1.